The zero-order valence-electron chi connectivity index (χ0n) is 15.6. The maximum absolute atomic E-state index is 14.5. The van der Waals surface area contributed by atoms with Gasteiger partial charge in [-0.3, -0.25) is 9.59 Å². The summed E-state index contributed by atoms with van der Waals surface area (Å²) in [6.45, 7) is 4.90. The Balaban J connectivity index is 1.58. The molecule has 1 aliphatic carbocycles. The van der Waals surface area contributed by atoms with Crippen LogP contribution in [0.4, 0.5) is 10.1 Å². The molecule has 2 aromatic rings. The molecular weight excluding hydrogens is 343 g/mol. The van der Waals surface area contributed by atoms with Crippen molar-refractivity contribution >= 4 is 17.5 Å². The number of amides is 2. The second-order valence-corrected chi connectivity index (χ2v) is 8.05. The third kappa shape index (κ3) is 2.73. The van der Waals surface area contributed by atoms with Gasteiger partial charge in [-0.1, -0.05) is 50.2 Å². The predicted molar refractivity (Wildman–Crippen MR) is 102 cm³/mol. The number of benzene rings is 2. The van der Waals surface area contributed by atoms with Crippen molar-refractivity contribution in [3.8, 4) is 0 Å². The van der Waals surface area contributed by atoms with Crippen molar-refractivity contribution < 1.29 is 14.0 Å². The molecule has 0 N–H and O–H groups in total. The molecule has 1 aliphatic heterocycles. The minimum Gasteiger partial charge on any atom is -0.331 e. The third-order valence-corrected chi connectivity index (χ3v) is 6.01. The molecule has 2 aromatic carbocycles. The molecule has 2 fully saturated rings. The third-order valence-electron chi connectivity index (χ3n) is 6.01. The number of anilines is 1. The Morgan fingerprint density at radius 2 is 1.63 bits per heavy atom. The van der Waals surface area contributed by atoms with Gasteiger partial charge in [-0.25, -0.2) is 4.39 Å². The van der Waals surface area contributed by atoms with Crippen LogP contribution in [0, 0.1) is 11.2 Å². The average molecular weight is 366 g/mol. The summed E-state index contributed by atoms with van der Waals surface area (Å²) < 4.78 is 14.5. The molecule has 0 aromatic heterocycles. The number of halogens is 1. The van der Waals surface area contributed by atoms with E-state index in [4.69, 9.17) is 0 Å². The molecule has 1 heterocycles. The van der Waals surface area contributed by atoms with E-state index in [2.05, 4.69) is 0 Å². The Hall–Kier alpha value is -2.69. The monoisotopic (exact) mass is 366 g/mol. The summed E-state index contributed by atoms with van der Waals surface area (Å²) in [5.74, 6) is -0.604. The Labute approximate surface area is 158 Å². The van der Waals surface area contributed by atoms with Crippen molar-refractivity contribution in [3.63, 3.8) is 0 Å². The van der Waals surface area contributed by atoms with Crippen LogP contribution in [-0.2, 0) is 15.0 Å². The highest BCUT2D eigenvalue weighted by Crippen LogP contribution is 2.65. The molecule has 0 bridgehead atoms. The smallest absolute Gasteiger partial charge is 0.246 e. The molecular formula is C22H23FN2O2. The first-order chi connectivity index (χ1) is 12.9. The summed E-state index contributed by atoms with van der Waals surface area (Å²) in [5.41, 5.74) is 0.0718. The van der Waals surface area contributed by atoms with Crippen LogP contribution in [0.3, 0.4) is 0 Å². The van der Waals surface area contributed by atoms with Crippen LogP contribution in [0.5, 0.6) is 0 Å². The number of piperazine rings is 1. The number of rotatable bonds is 3. The lowest BCUT2D eigenvalue weighted by Gasteiger charge is -2.37. The summed E-state index contributed by atoms with van der Waals surface area (Å²) in [7, 11) is 0. The van der Waals surface area contributed by atoms with Gasteiger partial charge in [0.15, 0.2) is 0 Å². The molecule has 2 aliphatic rings. The molecule has 27 heavy (non-hydrogen) atoms. The van der Waals surface area contributed by atoms with Gasteiger partial charge in [0.05, 0.1) is 5.41 Å². The van der Waals surface area contributed by atoms with E-state index in [1.165, 1.54) is 6.07 Å². The van der Waals surface area contributed by atoms with Crippen LogP contribution in [0.2, 0.25) is 0 Å². The standard InChI is InChI=1S/C22H23FN2O2/c1-21(2)15-22(21,17-10-6-7-11-18(17)23)20(27)24-12-13-25(19(26)14-24)16-8-4-3-5-9-16/h3-11H,12-15H2,1-2H3/t22-/m1/s1. The zero-order chi connectivity index (χ0) is 19.2. The molecule has 4 rings (SSSR count). The largest absolute Gasteiger partial charge is 0.331 e. The number of para-hydroxylation sites is 1. The van der Waals surface area contributed by atoms with Crippen LogP contribution >= 0.6 is 0 Å². The number of nitrogens with zero attached hydrogens (tertiary/aromatic N) is 2. The number of hydrogen-bond acceptors (Lipinski definition) is 2. The zero-order valence-corrected chi connectivity index (χ0v) is 15.6. The lowest BCUT2D eigenvalue weighted by atomic mass is 9.86. The molecule has 1 atom stereocenters. The average Bonchev–Trinajstić information content (AvgIpc) is 3.25. The molecule has 1 saturated carbocycles. The first kappa shape index (κ1) is 17.7. The molecule has 2 amide bonds. The fraction of sp³-hybridized carbons (Fsp3) is 0.364. The van der Waals surface area contributed by atoms with Gasteiger partial charge < -0.3 is 9.80 Å². The van der Waals surface area contributed by atoms with Crippen LogP contribution < -0.4 is 4.90 Å². The van der Waals surface area contributed by atoms with Crippen molar-refractivity contribution in [2.24, 2.45) is 5.41 Å². The van der Waals surface area contributed by atoms with E-state index in [0.717, 1.165) is 5.69 Å². The van der Waals surface area contributed by atoms with Gasteiger partial charge in [0.2, 0.25) is 11.8 Å². The predicted octanol–water partition coefficient (Wildman–Crippen LogP) is 3.37. The minimum atomic E-state index is -0.881. The number of hydrogen-bond donors (Lipinski definition) is 0. The van der Waals surface area contributed by atoms with E-state index in [-0.39, 0.29) is 29.6 Å². The first-order valence-electron chi connectivity index (χ1n) is 9.27. The van der Waals surface area contributed by atoms with Gasteiger partial charge in [0, 0.05) is 24.3 Å². The fourth-order valence-electron chi connectivity index (χ4n) is 4.36. The minimum absolute atomic E-state index is 0.0278. The SMILES string of the molecule is CC1(C)C[C@]1(C(=O)N1CCN(c2ccccc2)C(=O)C1)c1ccccc1F. The summed E-state index contributed by atoms with van der Waals surface area (Å²) in [5, 5.41) is 0. The number of carbonyl (C=O) groups is 2. The molecule has 140 valence electrons. The van der Waals surface area contributed by atoms with Crippen molar-refractivity contribution in [3.05, 3.63) is 66.0 Å². The molecule has 5 heteroatoms. The highest BCUT2D eigenvalue weighted by Gasteiger charge is 2.69. The Morgan fingerprint density at radius 1 is 1.00 bits per heavy atom. The maximum atomic E-state index is 14.5. The van der Waals surface area contributed by atoms with Crippen molar-refractivity contribution in [2.75, 3.05) is 24.5 Å². The molecule has 1 saturated heterocycles. The van der Waals surface area contributed by atoms with Gasteiger partial charge >= 0.3 is 0 Å². The van der Waals surface area contributed by atoms with Crippen molar-refractivity contribution in [1.29, 1.82) is 0 Å². The fourth-order valence-corrected chi connectivity index (χ4v) is 4.36. The first-order valence-corrected chi connectivity index (χ1v) is 9.27. The van der Waals surface area contributed by atoms with Crippen molar-refractivity contribution in [2.45, 2.75) is 25.7 Å². The van der Waals surface area contributed by atoms with E-state index in [1.54, 1.807) is 28.0 Å². The summed E-state index contributed by atoms with van der Waals surface area (Å²) in [4.78, 5) is 29.4. The highest BCUT2D eigenvalue weighted by molar-refractivity contribution is 6.01. The van der Waals surface area contributed by atoms with E-state index >= 15 is 0 Å². The lowest BCUT2D eigenvalue weighted by Crippen LogP contribution is -2.55. The quantitative estimate of drug-likeness (QED) is 0.836. The summed E-state index contributed by atoms with van der Waals surface area (Å²) in [6.07, 6.45) is 0.590. The highest BCUT2D eigenvalue weighted by atomic mass is 19.1. The second-order valence-electron chi connectivity index (χ2n) is 8.05. The topological polar surface area (TPSA) is 40.6 Å². The van der Waals surface area contributed by atoms with E-state index < -0.39 is 5.41 Å². The van der Waals surface area contributed by atoms with Crippen LogP contribution in [0.15, 0.2) is 54.6 Å². The van der Waals surface area contributed by atoms with Crippen LogP contribution in [0.25, 0.3) is 0 Å². The second kappa shape index (κ2) is 6.19. The number of carbonyl (C=O) groups excluding carboxylic acids is 2. The molecule has 4 nitrogen and oxygen atoms in total. The maximum Gasteiger partial charge on any atom is 0.246 e. The van der Waals surface area contributed by atoms with Gasteiger partial charge in [0.25, 0.3) is 0 Å². The molecule has 0 spiro atoms. The van der Waals surface area contributed by atoms with E-state index in [0.29, 0.717) is 25.1 Å². The van der Waals surface area contributed by atoms with Crippen LogP contribution in [0.1, 0.15) is 25.8 Å². The van der Waals surface area contributed by atoms with Gasteiger partial charge in [-0.2, -0.15) is 0 Å². The normalized spacial score (nSPS) is 24.0. The van der Waals surface area contributed by atoms with Gasteiger partial charge in [0.1, 0.15) is 12.4 Å². The van der Waals surface area contributed by atoms with Crippen molar-refractivity contribution in [1.82, 2.24) is 4.90 Å². The molecule has 0 radical (unpaired) electrons. The Kier molecular flexibility index (Phi) is 4.06. The summed E-state index contributed by atoms with van der Waals surface area (Å²) in [6, 6.07) is 16.0. The molecule has 0 unspecified atom stereocenters. The van der Waals surface area contributed by atoms with Gasteiger partial charge in [-0.15, -0.1) is 0 Å². The van der Waals surface area contributed by atoms with E-state index in [1.807, 2.05) is 44.2 Å². The Morgan fingerprint density at radius 3 is 2.22 bits per heavy atom. The van der Waals surface area contributed by atoms with E-state index in [9.17, 15) is 14.0 Å². The summed E-state index contributed by atoms with van der Waals surface area (Å²) >= 11 is 0. The van der Waals surface area contributed by atoms with Crippen LogP contribution in [-0.4, -0.2) is 36.3 Å². The van der Waals surface area contributed by atoms with Gasteiger partial charge in [-0.05, 0) is 30.0 Å². The Bertz CT molecular complexity index is 896. The lowest BCUT2D eigenvalue weighted by molar-refractivity contribution is -0.139.